The fourth-order valence-corrected chi connectivity index (χ4v) is 0.361. The first-order chi connectivity index (χ1) is 4.31. The zero-order valence-corrected chi connectivity index (χ0v) is 5.37. The molecule has 0 spiro atoms. The average Bonchev–Trinajstić information content (AvgIpc) is 1.85. The van der Waals surface area contributed by atoms with E-state index in [1.165, 1.54) is 6.08 Å². The molecular formula is C7H10O2. The molecule has 50 valence electrons. The Morgan fingerprint density at radius 1 is 1.67 bits per heavy atom. The fourth-order valence-electron chi connectivity index (χ4n) is 0.361. The van der Waals surface area contributed by atoms with Gasteiger partial charge in [0.1, 0.15) is 6.29 Å². The summed E-state index contributed by atoms with van der Waals surface area (Å²) in [6, 6.07) is 0. The van der Waals surface area contributed by atoms with Gasteiger partial charge in [0, 0.05) is 0 Å². The molecule has 0 aromatic carbocycles. The first-order valence-electron chi connectivity index (χ1n) is 2.75. The maximum atomic E-state index is 9.75. The van der Waals surface area contributed by atoms with Gasteiger partial charge in [0.05, 0.1) is 12.2 Å². The first kappa shape index (κ1) is 7.95. The van der Waals surface area contributed by atoms with Crippen molar-refractivity contribution >= 4 is 6.29 Å². The highest BCUT2D eigenvalue weighted by Gasteiger charge is 1.84. The van der Waals surface area contributed by atoms with Crippen LogP contribution in [0.4, 0.5) is 0 Å². The van der Waals surface area contributed by atoms with Gasteiger partial charge < -0.3 is 9.90 Å². The second kappa shape index (κ2) is 5.09. The molecule has 0 aromatic heterocycles. The van der Waals surface area contributed by atoms with Crippen molar-refractivity contribution in [3.05, 3.63) is 24.0 Å². The first-order valence-corrected chi connectivity index (χ1v) is 2.75. The molecule has 0 amide bonds. The number of aldehydes is 1. The number of aliphatic hydroxyl groups is 1. The second-order valence-electron chi connectivity index (χ2n) is 1.55. The third kappa shape index (κ3) is 4.81. The van der Waals surface area contributed by atoms with E-state index in [2.05, 4.69) is 0 Å². The van der Waals surface area contributed by atoms with E-state index in [0.29, 0.717) is 6.29 Å². The zero-order chi connectivity index (χ0) is 7.11. The van der Waals surface area contributed by atoms with Crippen LogP contribution in [0.15, 0.2) is 24.0 Å². The van der Waals surface area contributed by atoms with E-state index in [-0.39, 0.29) is 12.2 Å². The average molecular weight is 126 g/mol. The molecule has 0 saturated carbocycles. The Labute approximate surface area is 54.5 Å². The summed E-state index contributed by atoms with van der Waals surface area (Å²) in [6.45, 7) is 1.84. The zero-order valence-electron chi connectivity index (χ0n) is 5.37. The van der Waals surface area contributed by atoms with Crippen molar-refractivity contribution in [3.63, 3.8) is 0 Å². The lowest BCUT2D eigenvalue weighted by Crippen LogP contribution is -1.79. The van der Waals surface area contributed by atoms with E-state index in [1.807, 2.05) is 6.92 Å². The Hall–Kier alpha value is -1.05. The van der Waals surface area contributed by atoms with Crippen molar-refractivity contribution in [1.82, 2.24) is 0 Å². The SMILES string of the molecule is C/C=C\C=C(\O)CC=O. The molecule has 0 aromatic rings. The van der Waals surface area contributed by atoms with Crippen LogP contribution in [0.25, 0.3) is 0 Å². The molecular weight excluding hydrogens is 116 g/mol. The quantitative estimate of drug-likeness (QED) is 0.354. The summed E-state index contributed by atoms with van der Waals surface area (Å²) in [5.41, 5.74) is 0. The van der Waals surface area contributed by atoms with E-state index >= 15 is 0 Å². The minimum absolute atomic E-state index is 0.100. The number of carbonyl (C=O) groups is 1. The number of aliphatic hydroxyl groups excluding tert-OH is 1. The van der Waals surface area contributed by atoms with Crippen LogP contribution in [0.3, 0.4) is 0 Å². The van der Waals surface area contributed by atoms with Crippen LogP contribution in [-0.2, 0) is 4.79 Å². The predicted molar refractivity (Wildman–Crippen MR) is 36.2 cm³/mol. The highest BCUT2D eigenvalue weighted by Crippen LogP contribution is 1.91. The number of carbonyl (C=O) groups excluding carboxylic acids is 1. The van der Waals surface area contributed by atoms with Gasteiger partial charge in [-0.25, -0.2) is 0 Å². The van der Waals surface area contributed by atoms with Crippen LogP contribution in [0.5, 0.6) is 0 Å². The minimum atomic E-state index is 0.100. The lowest BCUT2D eigenvalue weighted by atomic mass is 10.3. The third-order valence-corrected chi connectivity index (χ3v) is 0.774. The Morgan fingerprint density at radius 2 is 2.33 bits per heavy atom. The van der Waals surface area contributed by atoms with Crippen LogP contribution >= 0.6 is 0 Å². The number of rotatable bonds is 3. The van der Waals surface area contributed by atoms with Gasteiger partial charge >= 0.3 is 0 Å². The summed E-state index contributed by atoms with van der Waals surface area (Å²) < 4.78 is 0. The molecule has 0 aliphatic carbocycles. The van der Waals surface area contributed by atoms with Gasteiger partial charge in [-0.3, -0.25) is 0 Å². The van der Waals surface area contributed by atoms with Gasteiger partial charge in [-0.1, -0.05) is 12.2 Å². The van der Waals surface area contributed by atoms with Crippen LogP contribution in [0.2, 0.25) is 0 Å². The Morgan fingerprint density at radius 3 is 2.78 bits per heavy atom. The molecule has 0 bridgehead atoms. The predicted octanol–water partition coefficient (Wildman–Crippen LogP) is 1.59. The molecule has 0 saturated heterocycles. The van der Waals surface area contributed by atoms with Gasteiger partial charge in [0.2, 0.25) is 0 Å². The normalized spacial score (nSPS) is 12.3. The Balaban J connectivity index is 3.68. The molecule has 1 N–H and O–H groups in total. The maximum Gasteiger partial charge on any atom is 0.127 e. The van der Waals surface area contributed by atoms with E-state index in [9.17, 15) is 4.79 Å². The minimum Gasteiger partial charge on any atom is -0.512 e. The topological polar surface area (TPSA) is 37.3 Å². The lowest BCUT2D eigenvalue weighted by molar-refractivity contribution is -0.107. The summed E-state index contributed by atoms with van der Waals surface area (Å²) in [5.74, 6) is 0.100. The maximum absolute atomic E-state index is 9.75. The van der Waals surface area contributed by atoms with Crippen molar-refractivity contribution in [1.29, 1.82) is 0 Å². The van der Waals surface area contributed by atoms with Gasteiger partial charge in [0.25, 0.3) is 0 Å². The molecule has 2 heteroatoms. The molecule has 9 heavy (non-hydrogen) atoms. The van der Waals surface area contributed by atoms with E-state index in [4.69, 9.17) is 5.11 Å². The summed E-state index contributed by atoms with van der Waals surface area (Å²) in [5, 5.41) is 8.76. The second-order valence-corrected chi connectivity index (χ2v) is 1.55. The number of hydrogen-bond donors (Lipinski definition) is 1. The molecule has 2 nitrogen and oxygen atoms in total. The molecule has 0 atom stereocenters. The van der Waals surface area contributed by atoms with Crippen molar-refractivity contribution in [3.8, 4) is 0 Å². The van der Waals surface area contributed by atoms with Crippen molar-refractivity contribution < 1.29 is 9.90 Å². The summed E-state index contributed by atoms with van der Waals surface area (Å²) in [7, 11) is 0. The van der Waals surface area contributed by atoms with Crippen molar-refractivity contribution in [2.24, 2.45) is 0 Å². The molecule has 0 rings (SSSR count). The Kier molecular flexibility index (Phi) is 4.50. The van der Waals surface area contributed by atoms with Crippen LogP contribution in [0, 0.1) is 0 Å². The molecule has 0 fully saturated rings. The van der Waals surface area contributed by atoms with Gasteiger partial charge in [0.15, 0.2) is 0 Å². The number of allylic oxidation sites excluding steroid dienone is 4. The van der Waals surface area contributed by atoms with E-state index < -0.39 is 0 Å². The molecule has 0 aliphatic rings. The number of hydrogen-bond acceptors (Lipinski definition) is 2. The van der Waals surface area contributed by atoms with Gasteiger partial charge in [-0.05, 0) is 13.0 Å². The van der Waals surface area contributed by atoms with Crippen LogP contribution in [-0.4, -0.2) is 11.4 Å². The molecule has 0 radical (unpaired) electrons. The monoisotopic (exact) mass is 126 g/mol. The summed E-state index contributed by atoms with van der Waals surface area (Å²) in [4.78, 5) is 9.75. The lowest BCUT2D eigenvalue weighted by Gasteiger charge is -1.86. The largest absolute Gasteiger partial charge is 0.512 e. The third-order valence-electron chi connectivity index (χ3n) is 0.774. The highest BCUT2D eigenvalue weighted by molar-refractivity contribution is 5.53. The standard InChI is InChI=1S/C7H10O2/c1-2-3-4-7(9)5-6-8/h2-4,6,9H,5H2,1H3/b3-2-,7-4+. The molecule has 0 aliphatic heterocycles. The van der Waals surface area contributed by atoms with E-state index in [1.54, 1.807) is 12.2 Å². The smallest absolute Gasteiger partial charge is 0.127 e. The highest BCUT2D eigenvalue weighted by atomic mass is 16.3. The summed E-state index contributed by atoms with van der Waals surface area (Å²) in [6.07, 6.45) is 5.72. The summed E-state index contributed by atoms with van der Waals surface area (Å²) >= 11 is 0. The fraction of sp³-hybridized carbons (Fsp3) is 0.286. The van der Waals surface area contributed by atoms with Crippen LogP contribution < -0.4 is 0 Å². The molecule has 0 unspecified atom stereocenters. The van der Waals surface area contributed by atoms with Gasteiger partial charge in [-0.2, -0.15) is 0 Å². The van der Waals surface area contributed by atoms with Crippen molar-refractivity contribution in [2.75, 3.05) is 0 Å². The van der Waals surface area contributed by atoms with Gasteiger partial charge in [-0.15, -0.1) is 0 Å². The Bertz CT molecular complexity index is 134. The van der Waals surface area contributed by atoms with Crippen LogP contribution in [0.1, 0.15) is 13.3 Å². The van der Waals surface area contributed by atoms with E-state index in [0.717, 1.165) is 0 Å². The molecule has 0 heterocycles. The van der Waals surface area contributed by atoms with Crippen molar-refractivity contribution in [2.45, 2.75) is 13.3 Å².